The molecule has 1 aliphatic rings. The number of esters is 1. The van der Waals surface area contributed by atoms with Crippen molar-refractivity contribution >= 4 is 27.6 Å². The van der Waals surface area contributed by atoms with E-state index < -0.39 is 28.0 Å². The average Bonchev–Trinajstić information content (AvgIpc) is 3.30. The minimum atomic E-state index is -3.52. The fourth-order valence-electron chi connectivity index (χ4n) is 3.23. The fourth-order valence-corrected chi connectivity index (χ4v) is 4.74. The second-order valence-corrected chi connectivity index (χ2v) is 9.04. The predicted molar refractivity (Wildman–Crippen MR) is 116 cm³/mol. The maximum absolute atomic E-state index is 12.6. The summed E-state index contributed by atoms with van der Waals surface area (Å²) in [7, 11) is -3.52. The first kappa shape index (κ1) is 22.8. The highest BCUT2D eigenvalue weighted by Gasteiger charge is 2.27. The van der Waals surface area contributed by atoms with Crippen LogP contribution in [0.15, 0.2) is 53.4 Å². The van der Waals surface area contributed by atoms with Gasteiger partial charge in [0.05, 0.1) is 11.5 Å². The molecule has 2 aromatic rings. The molecule has 3 rings (SSSR count). The molecule has 0 spiro atoms. The topological polar surface area (TPSA) is 102 Å². The van der Waals surface area contributed by atoms with E-state index >= 15 is 0 Å². The average molecular weight is 447 g/mol. The van der Waals surface area contributed by atoms with Gasteiger partial charge in [0, 0.05) is 18.8 Å². The second-order valence-electron chi connectivity index (χ2n) is 7.10. The molecule has 31 heavy (non-hydrogen) atoms. The first-order chi connectivity index (χ1) is 14.8. The van der Waals surface area contributed by atoms with Crippen LogP contribution in [0, 0.1) is 0 Å². The van der Waals surface area contributed by atoms with Crippen LogP contribution in [0.1, 0.15) is 37.0 Å². The summed E-state index contributed by atoms with van der Waals surface area (Å²) in [4.78, 5) is 25.0. The highest BCUT2D eigenvalue weighted by molar-refractivity contribution is 7.89. The molecule has 0 aliphatic carbocycles. The number of nitrogens with one attached hydrogen (secondary N) is 1. The molecule has 9 heteroatoms. The summed E-state index contributed by atoms with van der Waals surface area (Å²) < 4.78 is 37.3. The molecule has 1 amide bonds. The molecule has 1 heterocycles. The van der Waals surface area contributed by atoms with Gasteiger partial charge < -0.3 is 14.8 Å². The molecule has 8 nitrogen and oxygen atoms in total. The number of hydrogen-bond acceptors (Lipinski definition) is 6. The molecule has 0 bridgehead atoms. The van der Waals surface area contributed by atoms with Gasteiger partial charge in [0.1, 0.15) is 11.3 Å². The molecular weight excluding hydrogens is 420 g/mol. The van der Waals surface area contributed by atoms with Gasteiger partial charge >= 0.3 is 5.97 Å². The molecule has 2 aromatic carbocycles. The van der Waals surface area contributed by atoms with Crippen molar-refractivity contribution in [3.8, 4) is 5.75 Å². The molecule has 1 saturated heterocycles. The van der Waals surface area contributed by atoms with Crippen LogP contribution in [-0.4, -0.2) is 50.4 Å². The third kappa shape index (κ3) is 5.42. The van der Waals surface area contributed by atoms with Crippen LogP contribution >= 0.6 is 0 Å². The summed E-state index contributed by atoms with van der Waals surface area (Å²) in [6.07, 6.45) is 0.660. The van der Waals surface area contributed by atoms with Crippen LogP contribution in [0.4, 0.5) is 5.69 Å². The SMILES string of the molecule is CCOc1ccccc1C(=O)O[C@H](C)C(=O)Nc1ccc(S(=O)(=O)N2CCCC2)cc1. The van der Waals surface area contributed by atoms with Crippen LogP contribution in [0.2, 0.25) is 0 Å². The lowest BCUT2D eigenvalue weighted by atomic mass is 10.2. The van der Waals surface area contributed by atoms with Crippen LogP contribution in [0.25, 0.3) is 0 Å². The number of sulfonamides is 1. The molecular formula is C22H26N2O6S. The highest BCUT2D eigenvalue weighted by atomic mass is 32.2. The molecule has 166 valence electrons. The lowest BCUT2D eigenvalue weighted by Gasteiger charge is -2.17. The Kier molecular flexibility index (Phi) is 7.29. The first-order valence-electron chi connectivity index (χ1n) is 10.2. The van der Waals surface area contributed by atoms with Crippen molar-refractivity contribution in [1.29, 1.82) is 0 Å². The van der Waals surface area contributed by atoms with Crippen molar-refractivity contribution < 1.29 is 27.5 Å². The van der Waals surface area contributed by atoms with Crippen molar-refractivity contribution in [1.82, 2.24) is 4.31 Å². The molecule has 1 atom stereocenters. The van der Waals surface area contributed by atoms with Crippen molar-refractivity contribution in [3.05, 3.63) is 54.1 Å². The molecule has 1 fully saturated rings. The summed E-state index contributed by atoms with van der Waals surface area (Å²) in [5, 5.41) is 2.63. The highest BCUT2D eigenvalue weighted by Crippen LogP contribution is 2.23. The minimum Gasteiger partial charge on any atom is -0.493 e. The zero-order valence-corrected chi connectivity index (χ0v) is 18.4. The summed E-state index contributed by atoms with van der Waals surface area (Å²) in [6, 6.07) is 12.6. The molecule has 0 radical (unpaired) electrons. The number of benzene rings is 2. The standard InChI is InChI=1S/C22H26N2O6S/c1-3-29-20-9-5-4-8-19(20)22(26)30-16(2)21(25)23-17-10-12-18(13-11-17)31(27,28)24-14-6-7-15-24/h4-5,8-13,16H,3,6-7,14-15H2,1-2H3,(H,23,25)/t16-/m1/s1. The third-order valence-electron chi connectivity index (χ3n) is 4.88. The van der Waals surface area contributed by atoms with Gasteiger partial charge in [-0.25, -0.2) is 13.2 Å². The molecule has 0 saturated carbocycles. The van der Waals surface area contributed by atoms with Gasteiger partial charge in [-0.2, -0.15) is 4.31 Å². The van der Waals surface area contributed by atoms with E-state index in [1.54, 1.807) is 31.2 Å². The first-order valence-corrected chi connectivity index (χ1v) is 11.6. The van der Waals surface area contributed by atoms with Crippen LogP contribution in [-0.2, 0) is 19.6 Å². The van der Waals surface area contributed by atoms with Gasteiger partial charge in [0.25, 0.3) is 5.91 Å². The molecule has 1 aliphatic heterocycles. The smallest absolute Gasteiger partial charge is 0.342 e. The number of para-hydroxylation sites is 1. The van der Waals surface area contributed by atoms with Gasteiger partial charge in [-0.05, 0) is 63.1 Å². The number of carbonyl (C=O) groups excluding carboxylic acids is 2. The van der Waals surface area contributed by atoms with E-state index in [4.69, 9.17) is 9.47 Å². The number of rotatable bonds is 8. The Morgan fingerprint density at radius 1 is 1.06 bits per heavy atom. The number of amides is 1. The largest absolute Gasteiger partial charge is 0.493 e. The van der Waals surface area contributed by atoms with Gasteiger partial charge in [-0.1, -0.05) is 12.1 Å². The Balaban J connectivity index is 1.61. The van der Waals surface area contributed by atoms with E-state index in [1.807, 2.05) is 0 Å². The van der Waals surface area contributed by atoms with Crippen molar-refractivity contribution in [2.75, 3.05) is 25.0 Å². The van der Waals surface area contributed by atoms with E-state index in [-0.39, 0.29) is 10.5 Å². The van der Waals surface area contributed by atoms with Crippen molar-refractivity contribution in [3.63, 3.8) is 0 Å². The van der Waals surface area contributed by atoms with Crippen LogP contribution < -0.4 is 10.1 Å². The van der Waals surface area contributed by atoms with E-state index in [1.165, 1.54) is 35.5 Å². The predicted octanol–water partition coefficient (Wildman–Crippen LogP) is 3.05. The zero-order chi connectivity index (χ0) is 22.4. The molecule has 1 N–H and O–H groups in total. The Hall–Kier alpha value is -2.91. The van der Waals surface area contributed by atoms with Crippen LogP contribution in [0.5, 0.6) is 5.75 Å². The lowest BCUT2D eigenvalue weighted by Crippen LogP contribution is -2.30. The Labute approximate surface area is 182 Å². The number of anilines is 1. The maximum atomic E-state index is 12.6. The summed E-state index contributed by atoms with van der Waals surface area (Å²) in [6.45, 7) is 4.71. The normalized spacial score (nSPS) is 15.3. The monoisotopic (exact) mass is 446 g/mol. The van der Waals surface area contributed by atoms with E-state index in [0.29, 0.717) is 31.1 Å². The summed E-state index contributed by atoms with van der Waals surface area (Å²) >= 11 is 0. The number of hydrogen-bond donors (Lipinski definition) is 1. The summed E-state index contributed by atoms with van der Waals surface area (Å²) in [5.74, 6) is -0.812. The van der Waals surface area contributed by atoms with E-state index in [0.717, 1.165) is 12.8 Å². The van der Waals surface area contributed by atoms with Gasteiger partial charge in [-0.15, -0.1) is 0 Å². The van der Waals surface area contributed by atoms with Crippen molar-refractivity contribution in [2.24, 2.45) is 0 Å². The second kappa shape index (κ2) is 9.93. The van der Waals surface area contributed by atoms with Gasteiger partial charge in [0.15, 0.2) is 6.10 Å². The number of nitrogens with zero attached hydrogens (tertiary/aromatic N) is 1. The van der Waals surface area contributed by atoms with Crippen molar-refractivity contribution in [2.45, 2.75) is 37.7 Å². The minimum absolute atomic E-state index is 0.180. The van der Waals surface area contributed by atoms with Gasteiger partial charge in [-0.3, -0.25) is 4.79 Å². The zero-order valence-electron chi connectivity index (χ0n) is 17.5. The lowest BCUT2D eigenvalue weighted by molar-refractivity contribution is -0.123. The van der Waals surface area contributed by atoms with Crippen LogP contribution in [0.3, 0.4) is 0 Å². The van der Waals surface area contributed by atoms with E-state index in [9.17, 15) is 18.0 Å². The Morgan fingerprint density at radius 3 is 2.35 bits per heavy atom. The molecule has 0 aromatic heterocycles. The maximum Gasteiger partial charge on any atom is 0.342 e. The number of ether oxygens (including phenoxy) is 2. The van der Waals surface area contributed by atoms with Gasteiger partial charge in [0.2, 0.25) is 10.0 Å². The third-order valence-corrected chi connectivity index (χ3v) is 6.80. The molecule has 0 unspecified atom stereocenters. The van der Waals surface area contributed by atoms with E-state index in [2.05, 4.69) is 5.32 Å². The Bertz CT molecular complexity index is 1030. The fraction of sp³-hybridized carbons (Fsp3) is 0.364. The number of carbonyl (C=O) groups is 2. The Morgan fingerprint density at radius 2 is 1.71 bits per heavy atom. The quantitative estimate of drug-likeness (QED) is 0.626. The summed E-state index contributed by atoms with van der Waals surface area (Å²) in [5.41, 5.74) is 0.642.